The molecule has 0 amide bonds. The summed E-state index contributed by atoms with van der Waals surface area (Å²) in [7, 11) is 0. The molecule has 0 saturated heterocycles. The Labute approximate surface area is 98.9 Å². The van der Waals surface area contributed by atoms with Crippen molar-refractivity contribution < 1.29 is 0 Å². The van der Waals surface area contributed by atoms with E-state index in [1.54, 1.807) is 0 Å². The molecular formula is C15H34. The highest BCUT2D eigenvalue weighted by Gasteiger charge is 2.26. The fraction of sp³-hybridized carbons (Fsp3) is 1.00. The molecule has 0 aliphatic carbocycles. The molecule has 0 aromatic rings. The molecule has 4 atom stereocenters. The number of hydrogen-bond donors (Lipinski definition) is 0. The van der Waals surface area contributed by atoms with Crippen molar-refractivity contribution in [3.05, 3.63) is 0 Å². The van der Waals surface area contributed by atoms with Crippen LogP contribution in [0.15, 0.2) is 0 Å². The standard InChI is InChI=1S/C14H30.CH4/c1-9(2)11(5)13(7)14(8)12(6)10(3)4;/h9-14H,1-8H3;1H4. The Morgan fingerprint density at radius 3 is 0.733 bits per heavy atom. The third kappa shape index (κ3) is 5.04. The van der Waals surface area contributed by atoms with Gasteiger partial charge >= 0.3 is 0 Å². The summed E-state index contributed by atoms with van der Waals surface area (Å²) in [5, 5.41) is 0. The van der Waals surface area contributed by atoms with Crippen LogP contribution < -0.4 is 0 Å². The Kier molecular flexibility index (Phi) is 8.47. The average Bonchev–Trinajstić information content (AvgIpc) is 2.12. The van der Waals surface area contributed by atoms with Gasteiger partial charge in [0.05, 0.1) is 0 Å². The van der Waals surface area contributed by atoms with Crippen molar-refractivity contribution in [1.29, 1.82) is 0 Å². The van der Waals surface area contributed by atoms with Gasteiger partial charge in [0.15, 0.2) is 0 Å². The molecule has 0 aromatic carbocycles. The van der Waals surface area contributed by atoms with E-state index in [2.05, 4.69) is 55.4 Å². The summed E-state index contributed by atoms with van der Waals surface area (Å²) in [6, 6.07) is 0. The zero-order valence-electron chi connectivity index (χ0n) is 11.5. The summed E-state index contributed by atoms with van der Waals surface area (Å²) in [5.41, 5.74) is 0. The van der Waals surface area contributed by atoms with Crippen molar-refractivity contribution in [3.63, 3.8) is 0 Å². The first kappa shape index (κ1) is 17.4. The van der Waals surface area contributed by atoms with Crippen LogP contribution in [0.4, 0.5) is 0 Å². The maximum Gasteiger partial charge on any atom is -0.0386 e. The first-order valence-corrected chi connectivity index (χ1v) is 6.29. The molecule has 0 heteroatoms. The van der Waals surface area contributed by atoms with Gasteiger partial charge in [0.2, 0.25) is 0 Å². The van der Waals surface area contributed by atoms with Crippen molar-refractivity contribution >= 4 is 0 Å². The molecule has 0 radical (unpaired) electrons. The van der Waals surface area contributed by atoms with Crippen LogP contribution in [0, 0.1) is 35.5 Å². The van der Waals surface area contributed by atoms with Gasteiger partial charge in [-0.2, -0.15) is 0 Å². The molecular weight excluding hydrogens is 180 g/mol. The zero-order valence-corrected chi connectivity index (χ0v) is 11.5. The summed E-state index contributed by atoms with van der Waals surface area (Å²) in [6.07, 6.45) is 0. The average molecular weight is 214 g/mol. The van der Waals surface area contributed by atoms with Gasteiger partial charge in [-0.1, -0.05) is 62.8 Å². The molecule has 0 aliphatic heterocycles. The first-order chi connectivity index (χ1) is 6.29. The molecule has 0 aromatic heterocycles. The molecule has 0 rings (SSSR count). The van der Waals surface area contributed by atoms with Gasteiger partial charge in [0, 0.05) is 0 Å². The quantitative estimate of drug-likeness (QED) is 0.568. The van der Waals surface area contributed by atoms with Gasteiger partial charge in [0.25, 0.3) is 0 Å². The number of rotatable bonds is 5. The van der Waals surface area contributed by atoms with E-state index in [0.717, 1.165) is 35.5 Å². The Hall–Kier alpha value is 0. The topological polar surface area (TPSA) is 0 Å². The van der Waals surface area contributed by atoms with E-state index >= 15 is 0 Å². The minimum Gasteiger partial charge on any atom is -0.0776 e. The molecule has 15 heavy (non-hydrogen) atoms. The third-order valence-corrected chi connectivity index (χ3v) is 4.59. The van der Waals surface area contributed by atoms with Crippen LogP contribution in [-0.2, 0) is 0 Å². The lowest BCUT2D eigenvalue weighted by atomic mass is 9.72. The second-order valence-corrected chi connectivity index (χ2v) is 5.92. The Bertz CT molecular complexity index is 128. The van der Waals surface area contributed by atoms with Crippen LogP contribution in [0.3, 0.4) is 0 Å². The molecule has 94 valence electrons. The van der Waals surface area contributed by atoms with E-state index in [1.807, 2.05) is 0 Å². The van der Waals surface area contributed by atoms with Crippen molar-refractivity contribution in [2.75, 3.05) is 0 Å². The fourth-order valence-corrected chi connectivity index (χ4v) is 2.17. The molecule has 0 N–H and O–H groups in total. The predicted octanol–water partition coefficient (Wildman–Crippen LogP) is 5.48. The molecule has 0 fully saturated rings. The molecule has 0 heterocycles. The van der Waals surface area contributed by atoms with Gasteiger partial charge < -0.3 is 0 Å². The smallest absolute Gasteiger partial charge is 0.0386 e. The highest BCUT2D eigenvalue weighted by atomic mass is 14.3. The minimum absolute atomic E-state index is 0. The fourth-order valence-electron chi connectivity index (χ4n) is 2.17. The van der Waals surface area contributed by atoms with Crippen LogP contribution >= 0.6 is 0 Å². The van der Waals surface area contributed by atoms with E-state index in [4.69, 9.17) is 0 Å². The summed E-state index contributed by atoms with van der Waals surface area (Å²) in [5.74, 6) is 4.98. The van der Waals surface area contributed by atoms with E-state index in [1.165, 1.54) is 0 Å². The van der Waals surface area contributed by atoms with Crippen molar-refractivity contribution in [3.8, 4) is 0 Å². The second kappa shape index (κ2) is 7.30. The summed E-state index contributed by atoms with van der Waals surface area (Å²) >= 11 is 0. The van der Waals surface area contributed by atoms with E-state index in [-0.39, 0.29) is 7.43 Å². The van der Waals surface area contributed by atoms with Gasteiger partial charge in [0.1, 0.15) is 0 Å². The summed E-state index contributed by atoms with van der Waals surface area (Å²) in [4.78, 5) is 0. The lowest BCUT2D eigenvalue weighted by Crippen LogP contribution is -2.27. The molecule has 0 saturated carbocycles. The van der Waals surface area contributed by atoms with Gasteiger partial charge in [-0.15, -0.1) is 0 Å². The van der Waals surface area contributed by atoms with Gasteiger partial charge in [-0.3, -0.25) is 0 Å². The first-order valence-electron chi connectivity index (χ1n) is 6.29. The second-order valence-electron chi connectivity index (χ2n) is 5.92. The normalized spacial score (nSPS) is 19.6. The maximum absolute atomic E-state index is 2.42. The summed E-state index contributed by atoms with van der Waals surface area (Å²) in [6.45, 7) is 19.0. The van der Waals surface area contributed by atoms with E-state index < -0.39 is 0 Å². The minimum atomic E-state index is 0. The van der Waals surface area contributed by atoms with Crippen LogP contribution in [0.2, 0.25) is 0 Å². The van der Waals surface area contributed by atoms with E-state index in [0.29, 0.717) is 0 Å². The summed E-state index contributed by atoms with van der Waals surface area (Å²) < 4.78 is 0. The van der Waals surface area contributed by atoms with E-state index in [9.17, 15) is 0 Å². The highest BCUT2D eigenvalue weighted by Crippen LogP contribution is 2.33. The molecule has 0 spiro atoms. The van der Waals surface area contributed by atoms with Gasteiger partial charge in [-0.05, 0) is 35.5 Å². The Morgan fingerprint density at radius 2 is 0.600 bits per heavy atom. The molecule has 0 aliphatic rings. The third-order valence-electron chi connectivity index (χ3n) is 4.59. The lowest BCUT2D eigenvalue weighted by Gasteiger charge is -2.34. The zero-order chi connectivity index (χ0) is 11.5. The Balaban J connectivity index is 0. The van der Waals surface area contributed by atoms with Crippen LogP contribution in [-0.4, -0.2) is 0 Å². The molecule has 0 nitrogen and oxygen atoms in total. The van der Waals surface area contributed by atoms with Crippen LogP contribution in [0.25, 0.3) is 0 Å². The largest absolute Gasteiger partial charge is 0.0776 e. The van der Waals surface area contributed by atoms with Crippen molar-refractivity contribution in [2.24, 2.45) is 35.5 Å². The predicted molar refractivity (Wildman–Crippen MR) is 73.1 cm³/mol. The van der Waals surface area contributed by atoms with Crippen molar-refractivity contribution in [2.45, 2.75) is 62.8 Å². The van der Waals surface area contributed by atoms with Crippen LogP contribution in [0.5, 0.6) is 0 Å². The molecule has 4 unspecified atom stereocenters. The molecule has 0 bridgehead atoms. The number of hydrogen-bond acceptors (Lipinski definition) is 0. The monoisotopic (exact) mass is 214 g/mol. The highest BCUT2D eigenvalue weighted by molar-refractivity contribution is 4.75. The van der Waals surface area contributed by atoms with Gasteiger partial charge in [-0.25, -0.2) is 0 Å². The maximum atomic E-state index is 2.42. The lowest BCUT2D eigenvalue weighted by molar-refractivity contribution is 0.150. The van der Waals surface area contributed by atoms with Crippen molar-refractivity contribution in [1.82, 2.24) is 0 Å². The van der Waals surface area contributed by atoms with Crippen LogP contribution in [0.1, 0.15) is 62.8 Å². The SMILES string of the molecule is C.CC(C)C(C)C(C)C(C)C(C)C(C)C. The Morgan fingerprint density at radius 1 is 0.400 bits per heavy atom.